The Morgan fingerprint density at radius 2 is 2.11 bits per heavy atom. The molecule has 4 nitrogen and oxygen atoms in total. The molecule has 1 N–H and O–H groups in total. The van der Waals surface area contributed by atoms with Gasteiger partial charge in [0.2, 0.25) is 0 Å². The molecule has 2 rings (SSSR count). The quantitative estimate of drug-likeness (QED) is 0.666. The van der Waals surface area contributed by atoms with Gasteiger partial charge in [0.05, 0.1) is 24.9 Å². The average molecular weight is 368 g/mol. The molecule has 1 aromatic carbocycles. The minimum Gasteiger partial charge on any atom is -0.465 e. The Balaban J connectivity index is 2.01. The van der Waals surface area contributed by atoms with Crippen molar-refractivity contribution < 1.29 is 9.53 Å². The molecule has 0 aliphatic carbocycles. The summed E-state index contributed by atoms with van der Waals surface area (Å²) in [5.74, 6) is -0.371. The number of methoxy groups -OCH3 is 1. The molecule has 0 amide bonds. The summed E-state index contributed by atoms with van der Waals surface area (Å²) in [6.45, 7) is 0.613. The van der Waals surface area contributed by atoms with Crippen molar-refractivity contribution in [3.8, 4) is 0 Å². The third-order valence-electron chi connectivity index (χ3n) is 2.58. The van der Waals surface area contributed by atoms with Crippen LogP contribution in [0.2, 0.25) is 0 Å². The number of rotatable bonds is 4. The second kappa shape index (κ2) is 6.51. The molecular weight excluding hydrogens is 355 g/mol. The molecule has 0 spiro atoms. The van der Waals surface area contributed by atoms with Crippen molar-refractivity contribution in [2.45, 2.75) is 6.54 Å². The summed E-state index contributed by atoms with van der Waals surface area (Å²) in [6, 6.07) is 11.6. The second-order valence-corrected chi connectivity index (χ2v) is 5.03. The molecule has 0 saturated carbocycles. The molecule has 0 bridgehead atoms. The van der Waals surface area contributed by atoms with Gasteiger partial charge in [0, 0.05) is 15.5 Å². The topological polar surface area (TPSA) is 51.2 Å². The van der Waals surface area contributed by atoms with Gasteiger partial charge in [0.25, 0.3) is 0 Å². The molecule has 0 atom stereocenters. The number of carbonyl (C=O) groups is 1. The van der Waals surface area contributed by atoms with Crippen molar-refractivity contribution in [1.82, 2.24) is 4.98 Å². The number of benzene rings is 1. The SMILES string of the molecule is COC(=O)c1ccc(CNc2ccccc2I)nc1. The molecule has 0 saturated heterocycles. The summed E-state index contributed by atoms with van der Waals surface area (Å²) in [5, 5.41) is 3.31. The minimum absolute atomic E-state index is 0.371. The summed E-state index contributed by atoms with van der Waals surface area (Å²) in [7, 11) is 1.36. The molecule has 0 unspecified atom stereocenters. The normalized spacial score (nSPS) is 10.0. The Bertz CT molecular complexity index is 570. The third kappa shape index (κ3) is 3.66. The molecule has 2 aromatic rings. The van der Waals surface area contributed by atoms with Gasteiger partial charge >= 0.3 is 5.97 Å². The standard InChI is InChI=1S/C14H13IN2O2/c1-19-14(18)10-6-7-11(16-8-10)9-17-13-5-3-2-4-12(13)15/h2-8,17H,9H2,1H3. The predicted octanol–water partition coefficient (Wildman–Crippen LogP) is 3.08. The monoisotopic (exact) mass is 368 g/mol. The average Bonchev–Trinajstić information content (AvgIpc) is 2.46. The Hall–Kier alpha value is -1.63. The number of hydrogen-bond acceptors (Lipinski definition) is 4. The molecule has 1 heterocycles. The van der Waals surface area contributed by atoms with Crippen molar-refractivity contribution in [2.24, 2.45) is 0 Å². The van der Waals surface area contributed by atoms with Crippen LogP contribution in [0, 0.1) is 3.57 Å². The molecule has 0 aliphatic rings. The zero-order valence-corrected chi connectivity index (χ0v) is 12.5. The maximum Gasteiger partial charge on any atom is 0.339 e. The van der Waals surface area contributed by atoms with Crippen molar-refractivity contribution in [3.63, 3.8) is 0 Å². The van der Waals surface area contributed by atoms with Crippen LogP contribution in [0.25, 0.3) is 0 Å². The molecule has 1 aromatic heterocycles. The molecular formula is C14H13IN2O2. The molecule has 5 heteroatoms. The van der Waals surface area contributed by atoms with Gasteiger partial charge in [-0.1, -0.05) is 12.1 Å². The van der Waals surface area contributed by atoms with Crippen LogP contribution in [0.4, 0.5) is 5.69 Å². The number of carbonyl (C=O) groups excluding carboxylic acids is 1. The first kappa shape index (κ1) is 13.8. The van der Waals surface area contributed by atoms with Gasteiger partial charge in [-0.25, -0.2) is 4.79 Å². The van der Waals surface area contributed by atoms with Crippen LogP contribution in [-0.2, 0) is 11.3 Å². The lowest BCUT2D eigenvalue weighted by molar-refractivity contribution is 0.0600. The van der Waals surface area contributed by atoms with Gasteiger partial charge in [-0.2, -0.15) is 0 Å². The number of aromatic nitrogens is 1. The molecule has 98 valence electrons. The molecule has 0 radical (unpaired) electrons. The van der Waals surface area contributed by atoms with Gasteiger partial charge < -0.3 is 10.1 Å². The summed E-state index contributed by atoms with van der Waals surface area (Å²) >= 11 is 2.28. The lowest BCUT2D eigenvalue weighted by Crippen LogP contribution is -2.05. The van der Waals surface area contributed by atoms with E-state index in [9.17, 15) is 4.79 Å². The number of nitrogens with zero attached hydrogens (tertiary/aromatic N) is 1. The summed E-state index contributed by atoms with van der Waals surface area (Å²) in [4.78, 5) is 15.5. The minimum atomic E-state index is -0.371. The number of ether oxygens (including phenoxy) is 1. The van der Waals surface area contributed by atoms with Crippen LogP contribution in [0.3, 0.4) is 0 Å². The number of pyridine rings is 1. The lowest BCUT2D eigenvalue weighted by Gasteiger charge is -2.08. The van der Waals surface area contributed by atoms with E-state index < -0.39 is 0 Å². The van der Waals surface area contributed by atoms with E-state index in [0.717, 1.165) is 15.0 Å². The number of esters is 1. The Morgan fingerprint density at radius 1 is 1.32 bits per heavy atom. The van der Waals surface area contributed by atoms with Crippen LogP contribution in [0.5, 0.6) is 0 Å². The summed E-state index contributed by atoms with van der Waals surface area (Å²) in [6.07, 6.45) is 1.53. The van der Waals surface area contributed by atoms with E-state index in [0.29, 0.717) is 12.1 Å². The maximum absolute atomic E-state index is 11.3. The van der Waals surface area contributed by atoms with E-state index in [2.05, 4.69) is 37.6 Å². The highest BCUT2D eigenvalue weighted by atomic mass is 127. The van der Waals surface area contributed by atoms with Gasteiger partial charge in [0.15, 0.2) is 0 Å². The van der Waals surface area contributed by atoms with E-state index in [-0.39, 0.29) is 5.97 Å². The predicted molar refractivity (Wildman–Crippen MR) is 82.1 cm³/mol. The van der Waals surface area contributed by atoms with E-state index in [4.69, 9.17) is 0 Å². The van der Waals surface area contributed by atoms with Crippen LogP contribution in [0.15, 0.2) is 42.6 Å². The van der Waals surface area contributed by atoms with E-state index in [1.807, 2.05) is 30.3 Å². The van der Waals surface area contributed by atoms with Crippen molar-refractivity contribution in [3.05, 3.63) is 57.4 Å². The van der Waals surface area contributed by atoms with Gasteiger partial charge in [-0.15, -0.1) is 0 Å². The lowest BCUT2D eigenvalue weighted by atomic mass is 10.2. The summed E-state index contributed by atoms with van der Waals surface area (Å²) in [5.41, 5.74) is 2.40. The third-order valence-corrected chi connectivity index (χ3v) is 3.52. The fourth-order valence-corrected chi connectivity index (χ4v) is 2.14. The molecule has 0 aliphatic heterocycles. The first-order valence-electron chi connectivity index (χ1n) is 5.72. The molecule has 19 heavy (non-hydrogen) atoms. The van der Waals surface area contributed by atoms with Crippen LogP contribution in [0.1, 0.15) is 16.1 Å². The van der Waals surface area contributed by atoms with Gasteiger partial charge in [-0.05, 0) is 46.9 Å². The number of nitrogens with one attached hydrogen (secondary N) is 1. The van der Waals surface area contributed by atoms with Crippen molar-refractivity contribution in [1.29, 1.82) is 0 Å². The van der Waals surface area contributed by atoms with E-state index in [1.165, 1.54) is 13.3 Å². The Morgan fingerprint density at radius 3 is 2.74 bits per heavy atom. The highest BCUT2D eigenvalue weighted by Gasteiger charge is 2.05. The van der Waals surface area contributed by atoms with Crippen LogP contribution < -0.4 is 5.32 Å². The Kier molecular flexibility index (Phi) is 4.73. The fourth-order valence-electron chi connectivity index (χ4n) is 1.56. The van der Waals surface area contributed by atoms with Gasteiger partial charge in [-0.3, -0.25) is 4.98 Å². The highest BCUT2D eigenvalue weighted by Crippen LogP contribution is 2.17. The highest BCUT2D eigenvalue weighted by molar-refractivity contribution is 14.1. The largest absolute Gasteiger partial charge is 0.465 e. The first-order chi connectivity index (χ1) is 9.20. The van der Waals surface area contributed by atoms with Crippen LogP contribution in [-0.4, -0.2) is 18.1 Å². The summed E-state index contributed by atoms with van der Waals surface area (Å²) < 4.78 is 5.78. The first-order valence-corrected chi connectivity index (χ1v) is 6.80. The van der Waals surface area contributed by atoms with Gasteiger partial charge in [0.1, 0.15) is 0 Å². The second-order valence-electron chi connectivity index (χ2n) is 3.86. The zero-order chi connectivity index (χ0) is 13.7. The number of hydrogen-bond donors (Lipinski definition) is 1. The van der Waals surface area contributed by atoms with E-state index >= 15 is 0 Å². The van der Waals surface area contributed by atoms with Crippen molar-refractivity contribution >= 4 is 34.2 Å². The fraction of sp³-hybridized carbons (Fsp3) is 0.143. The number of anilines is 1. The Labute approximate surface area is 125 Å². The smallest absolute Gasteiger partial charge is 0.339 e. The molecule has 0 fully saturated rings. The number of halogens is 1. The van der Waals surface area contributed by atoms with Crippen molar-refractivity contribution in [2.75, 3.05) is 12.4 Å². The van der Waals surface area contributed by atoms with E-state index in [1.54, 1.807) is 6.07 Å². The zero-order valence-electron chi connectivity index (χ0n) is 10.4. The number of para-hydroxylation sites is 1. The maximum atomic E-state index is 11.3. The van der Waals surface area contributed by atoms with Crippen LogP contribution >= 0.6 is 22.6 Å².